The molecular weight excluding hydrogens is 268 g/mol. The number of thioether (sulfide) groups is 1. The quantitative estimate of drug-likeness (QED) is 0.740. The first-order valence-corrected chi connectivity index (χ1v) is 9.47. The molecule has 2 rings (SSSR count). The zero-order valence-electron chi connectivity index (χ0n) is 12.8. The lowest BCUT2D eigenvalue weighted by Gasteiger charge is -2.18. The summed E-state index contributed by atoms with van der Waals surface area (Å²) in [5.41, 5.74) is 0. The highest BCUT2D eigenvalue weighted by molar-refractivity contribution is 7.99. The van der Waals surface area contributed by atoms with Crippen molar-refractivity contribution in [2.75, 3.05) is 12.3 Å². The molecule has 0 aliphatic heterocycles. The molecule has 2 unspecified atom stereocenters. The number of carbonyl (C=O) groups excluding carboxylic acids is 1. The molecule has 0 radical (unpaired) electrons. The van der Waals surface area contributed by atoms with Crippen molar-refractivity contribution in [1.82, 2.24) is 10.6 Å². The lowest BCUT2D eigenvalue weighted by molar-refractivity contribution is -0.121. The van der Waals surface area contributed by atoms with E-state index in [1.165, 1.54) is 63.5 Å². The average molecular weight is 298 g/mol. The minimum absolute atomic E-state index is 0.198. The Hall–Kier alpha value is -0.220. The Morgan fingerprint density at radius 2 is 1.80 bits per heavy atom. The number of hydrogen-bond donors (Lipinski definition) is 2. The summed E-state index contributed by atoms with van der Waals surface area (Å²) in [5.74, 6) is 1.41. The Morgan fingerprint density at radius 1 is 1.05 bits per heavy atom. The molecule has 3 nitrogen and oxygen atoms in total. The number of hydrogen-bond acceptors (Lipinski definition) is 3. The molecule has 0 saturated heterocycles. The minimum Gasteiger partial charge on any atom is -0.352 e. The Morgan fingerprint density at radius 3 is 2.50 bits per heavy atom. The van der Waals surface area contributed by atoms with Crippen LogP contribution < -0.4 is 10.6 Å². The van der Waals surface area contributed by atoms with Gasteiger partial charge in [-0.05, 0) is 37.9 Å². The minimum atomic E-state index is 0.198. The third-order valence-corrected chi connectivity index (χ3v) is 5.79. The van der Waals surface area contributed by atoms with Crippen LogP contribution in [0.4, 0.5) is 0 Å². The van der Waals surface area contributed by atoms with Gasteiger partial charge in [-0.3, -0.25) is 4.79 Å². The largest absolute Gasteiger partial charge is 0.352 e. The second kappa shape index (κ2) is 8.93. The summed E-state index contributed by atoms with van der Waals surface area (Å²) >= 11 is 2.07. The van der Waals surface area contributed by atoms with Gasteiger partial charge in [0.25, 0.3) is 0 Å². The Kier molecular flexibility index (Phi) is 7.22. The van der Waals surface area contributed by atoms with Crippen molar-refractivity contribution in [3.05, 3.63) is 0 Å². The van der Waals surface area contributed by atoms with Gasteiger partial charge in [-0.15, -0.1) is 0 Å². The first-order chi connectivity index (χ1) is 9.78. The third-order valence-electron chi connectivity index (χ3n) is 4.56. The van der Waals surface area contributed by atoms with Crippen molar-refractivity contribution in [3.8, 4) is 0 Å². The smallest absolute Gasteiger partial charge is 0.234 e. The van der Waals surface area contributed by atoms with E-state index in [0.717, 1.165) is 5.25 Å². The van der Waals surface area contributed by atoms with E-state index in [4.69, 9.17) is 0 Å². The summed E-state index contributed by atoms with van der Waals surface area (Å²) in [6.45, 7) is 2.73. The van der Waals surface area contributed by atoms with E-state index in [-0.39, 0.29) is 5.91 Å². The van der Waals surface area contributed by atoms with Crippen LogP contribution in [0, 0.1) is 0 Å². The highest BCUT2D eigenvalue weighted by atomic mass is 32.2. The fourth-order valence-corrected chi connectivity index (χ4v) is 4.59. The van der Waals surface area contributed by atoms with Gasteiger partial charge < -0.3 is 10.6 Å². The predicted molar refractivity (Wildman–Crippen MR) is 87.2 cm³/mol. The number of nitrogens with one attached hydrogen (secondary N) is 2. The molecular formula is C16H30N2OS. The summed E-state index contributed by atoms with van der Waals surface area (Å²) in [5, 5.41) is 7.47. The number of rotatable bonds is 6. The maximum absolute atomic E-state index is 12.0. The molecule has 2 saturated carbocycles. The predicted octanol–water partition coefficient (Wildman–Crippen LogP) is 3.09. The Bertz CT molecular complexity index is 290. The van der Waals surface area contributed by atoms with Crippen molar-refractivity contribution in [1.29, 1.82) is 0 Å². The molecule has 116 valence electrons. The van der Waals surface area contributed by atoms with Gasteiger partial charge in [0, 0.05) is 17.3 Å². The van der Waals surface area contributed by atoms with Gasteiger partial charge in [-0.1, -0.05) is 32.6 Å². The van der Waals surface area contributed by atoms with Gasteiger partial charge in [-0.25, -0.2) is 0 Å². The third kappa shape index (κ3) is 5.65. The zero-order chi connectivity index (χ0) is 14.2. The van der Waals surface area contributed by atoms with Crippen molar-refractivity contribution >= 4 is 17.7 Å². The van der Waals surface area contributed by atoms with Crippen LogP contribution in [-0.2, 0) is 4.79 Å². The highest BCUT2D eigenvalue weighted by Gasteiger charge is 2.24. The monoisotopic (exact) mass is 298 g/mol. The molecule has 1 amide bonds. The van der Waals surface area contributed by atoms with Crippen LogP contribution in [0.2, 0.25) is 0 Å². The lowest BCUT2D eigenvalue weighted by atomic mass is 10.1. The van der Waals surface area contributed by atoms with E-state index in [9.17, 15) is 4.79 Å². The molecule has 0 bridgehead atoms. The van der Waals surface area contributed by atoms with Crippen LogP contribution in [0.25, 0.3) is 0 Å². The number of carbonyl (C=O) groups is 1. The van der Waals surface area contributed by atoms with E-state index in [2.05, 4.69) is 29.3 Å². The van der Waals surface area contributed by atoms with E-state index < -0.39 is 0 Å². The van der Waals surface area contributed by atoms with Gasteiger partial charge in [0.15, 0.2) is 0 Å². The van der Waals surface area contributed by atoms with E-state index in [1.54, 1.807) is 0 Å². The summed E-state index contributed by atoms with van der Waals surface area (Å²) in [6.07, 6.45) is 11.3. The van der Waals surface area contributed by atoms with Crippen LogP contribution in [0.15, 0.2) is 0 Å². The van der Waals surface area contributed by atoms with Gasteiger partial charge in [-0.2, -0.15) is 11.8 Å². The second-order valence-corrected chi connectivity index (χ2v) is 7.80. The molecule has 0 spiro atoms. The first-order valence-electron chi connectivity index (χ1n) is 8.42. The molecule has 4 heteroatoms. The van der Waals surface area contributed by atoms with Crippen LogP contribution in [0.5, 0.6) is 0 Å². The summed E-state index contributed by atoms with van der Waals surface area (Å²) in [7, 11) is 0. The van der Waals surface area contributed by atoms with Crippen LogP contribution in [0.1, 0.15) is 64.7 Å². The zero-order valence-corrected chi connectivity index (χ0v) is 13.6. The first kappa shape index (κ1) is 16.2. The standard InChI is InChI=1S/C16H30N2OS/c1-2-20-15-10-9-14(11-15)17-12-16(19)18-13-7-5-3-4-6-8-13/h13-15,17H,2-12H2,1H3,(H,18,19). The Labute approximate surface area is 128 Å². The van der Waals surface area contributed by atoms with Crippen molar-refractivity contribution < 1.29 is 4.79 Å². The van der Waals surface area contributed by atoms with E-state index in [0.29, 0.717) is 18.6 Å². The molecule has 0 aromatic rings. The van der Waals surface area contributed by atoms with Gasteiger partial charge in [0.05, 0.1) is 6.54 Å². The van der Waals surface area contributed by atoms with Crippen LogP contribution >= 0.6 is 11.8 Å². The molecule has 0 aromatic heterocycles. The van der Waals surface area contributed by atoms with Gasteiger partial charge >= 0.3 is 0 Å². The lowest BCUT2D eigenvalue weighted by Crippen LogP contribution is -2.42. The second-order valence-electron chi connectivity index (χ2n) is 6.22. The fourth-order valence-electron chi connectivity index (χ4n) is 3.45. The van der Waals surface area contributed by atoms with E-state index >= 15 is 0 Å². The summed E-state index contributed by atoms with van der Waals surface area (Å²) in [4.78, 5) is 12.0. The maximum Gasteiger partial charge on any atom is 0.234 e. The highest BCUT2D eigenvalue weighted by Crippen LogP contribution is 2.29. The van der Waals surface area contributed by atoms with Crippen LogP contribution in [0.3, 0.4) is 0 Å². The van der Waals surface area contributed by atoms with Gasteiger partial charge in [0.2, 0.25) is 5.91 Å². The summed E-state index contributed by atoms with van der Waals surface area (Å²) in [6, 6.07) is 0.984. The molecule has 2 aliphatic rings. The normalized spacial score (nSPS) is 28.2. The van der Waals surface area contributed by atoms with Crippen LogP contribution in [-0.4, -0.2) is 35.5 Å². The summed E-state index contributed by atoms with van der Waals surface area (Å²) < 4.78 is 0. The number of amides is 1. The topological polar surface area (TPSA) is 41.1 Å². The molecule has 2 N–H and O–H groups in total. The Balaban J connectivity index is 1.60. The fraction of sp³-hybridized carbons (Fsp3) is 0.938. The average Bonchev–Trinajstić information content (AvgIpc) is 2.72. The van der Waals surface area contributed by atoms with Crippen molar-refractivity contribution in [3.63, 3.8) is 0 Å². The molecule has 2 fully saturated rings. The molecule has 0 aromatic carbocycles. The maximum atomic E-state index is 12.0. The van der Waals surface area contributed by atoms with Gasteiger partial charge in [0.1, 0.15) is 0 Å². The van der Waals surface area contributed by atoms with E-state index in [1.807, 2.05) is 0 Å². The SMILES string of the molecule is CCSC1CCC(NCC(=O)NC2CCCCCC2)C1. The molecule has 20 heavy (non-hydrogen) atoms. The molecule has 0 heterocycles. The van der Waals surface area contributed by atoms with Crippen molar-refractivity contribution in [2.24, 2.45) is 0 Å². The van der Waals surface area contributed by atoms with Crippen molar-refractivity contribution in [2.45, 2.75) is 82.0 Å². The molecule has 2 aliphatic carbocycles. The molecule has 2 atom stereocenters.